The molecule has 0 aliphatic rings. The van der Waals surface area contributed by atoms with Gasteiger partial charge in [0.05, 0.1) is 5.56 Å². The third-order valence-corrected chi connectivity index (χ3v) is 2.05. The molecule has 0 aromatic heterocycles. The monoisotopic (exact) mass is 181 g/mol. The molecule has 1 rings (SSSR count). The van der Waals surface area contributed by atoms with Crippen LogP contribution >= 0.6 is 12.2 Å². The Morgan fingerprint density at radius 1 is 1.50 bits per heavy atom. The summed E-state index contributed by atoms with van der Waals surface area (Å²) < 4.78 is 0. The van der Waals surface area contributed by atoms with Gasteiger partial charge in [0.1, 0.15) is 10.7 Å². The van der Waals surface area contributed by atoms with Gasteiger partial charge in [-0.15, -0.1) is 0 Å². The largest absolute Gasteiger partial charge is 0.507 e. The third-order valence-electron chi connectivity index (χ3n) is 1.62. The fourth-order valence-corrected chi connectivity index (χ4v) is 1.13. The van der Waals surface area contributed by atoms with Crippen LogP contribution in [-0.4, -0.2) is 17.1 Å². The summed E-state index contributed by atoms with van der Waals surface area (Å²) in [5.41, 5.74) is 1.77. The minimum Gasteiger partial charge on any atom is -0.507 e. The van der Waals surface area contributed by atoms with E-state index in [2.05, 4.69) is 5.32 Å². The lowest BCUT2D eigenvalue weighted by molar-refractivity contribution is 0.474. The van der Waals surface area contributed by atoms with Crippen molar-refractivity contribution in [3.8, 4) is 5.75 Å². The van der Waals surface area contributed by atoms with Crippen LogP contribution < -0.4 is 5.32 Å². The van der Waals surface area contributed by atoms with Gasteiger partial charge < -0.3 is 10.4 Å². The molecule has 0 aliphatic heterocycles. The molecule has 3 heteroatoms. The second kappa shape index (κ2) is 3.54. The molecular weight excluding hydrogens is 170 g/mol. The lowest BCUT2D eigenvalue weighted by atomic mass is 10.1. The Morgan fingerprint density at radius 2 is 2.17 bits per heavy atom. The van der Waals surface area contributed by atoms with E-state index in [1.54, 1.807) is 13.1 Å². The van der Waals surface area contributed by atoms with Crippen LogP contribution in [0.2, 0.25) is 0 Å². The molecule has 2 nitrogen and oxygen atoms in total. The van der Waals surface area contributed by atoms with Gasteiger partial charge in [0.15, 0.2) is 0 Å². The fourth-order valence-electron chi connectivity index (χ4n) is 0.966. The van der Waals surface area contributed by atoms with Crippen molar-refractivity contribution < 1.29 is 5.11 Å². The Kier molecular flexibility index (Phi) is 2.65. The number of nitrogens with one attached hydrogen (secondary N) is 1. The van der Waals surface area contributed by atoms with Gasteiger partial charge in [0, 0.05) is 7.05 Å². The summed E-state index contributed by atoms with van der Waals surface area (Å²) in [6.07, 6.45) is 0. The van der Waals surface area contributed by atoms with E-state index in [1.165, 1.54) is 0 Å². The van der Waals surface area contributed by atoms with E-state index in [-0.39, 0.29) is 5.75 Å². The van der Waals surface area contributed by atoms with Crippen molar-refractivity contribution in [1.82, 2.24) is 5.32 Å². The third kappa shape index (κ3) is 1.74. The summed E-state index contributed by atoms with van der Waals surface area (Å²) >= 11 is 5.00. The summed E-state index contributed by atoms with van der Waals surface area (Å²) in [4.78, 5) is 0.566. The lowest BCUT2D eigenvalue weighted by Crippen LogP contribution is -2.16. The zero-order chi connectivity index (χ0) is 9.14. The molecule has 1 aromatic carbocycles. The van der Waals surface area contributed by atoms with Crippen LogP contribution in [-0.2, 0) is 0 Å². The Bertz CT molecular complexity index is 309. The fraction of sp³-hybridized carbons (Fsp3) is 0.222. The van der Waals surface area contributed by atoms with Gasteiger partial charge in [-0.05, 0) is 19.1 Å². The standard InChI is InChI=1S/C9H11NOS/c1-6-3-4-8(11)7(5-6)9(12)10-2/h3-5,11H,1-2H3,(H,10,12). The van der Waals surface area contributed by atoms with Crippen molar-refractivity contribution in [2.75, 3.05) is 7.05 Å². The number of thiocarbonyl (C=S) groups is 1. The summed E-state index contributed by atoms with van der Waals surface area (Å²) in [5.74, 6) is 0.222. The summed E-state index contributed by atoms with van der Waals surface area (Å²) in [5, 5.41) is 12.2. The van der Waals surface area contributed by atoms with Crippen LogP contribution in [0, 0.1) is 6.92 Å². The second-order valence-corrected chi connectivity index (χ2v) is 3.01. The van der Waals surface area contributed by atoms with Crippen LogP contribution in [0.4, 0.5) is 0 Å². The van der Waals surface area contributed by atoms with E-state index in [0.717, 1.165) is 5.56 Å². The van der Waals surface area contributed by atoms with Gasteiger partial charge in [-0.1, -0.05) is 23.8 Å². The van der Waals surface area contributed by atoms with Crippen LogP contribution in [0.1, 0.15) is 11.1 Å². The van der Waals surface area contributed by atoms with Crippen molar-refractivity contribution in [3.05, 3.63) is 29.3 Å². The van der Waals surface area contributed by atoms with Crippen LogP contribution in [0.3, 0.4) is 0 Å². The summed E-state index contributed by atoms with van der Waals surface area (Å²) in [7, 11) is 1.74. The van der Waals surface area contributed by atoms with Crippen molar-refractivity contribution in [3.63, 3.8) is 0 Å². The van der Waals surface area contributed by atoms with Gasteiger partial charge in [0.2, 0.25) is 0 Å². The molecule has 0 unspecified atom stereocenters. The number of aryl methyl sites for hydroxylation is 1. The summed E-state index contributed by atoms with van der Waals surface area (Å²) in [6.45, 7) is 1.96. The number of aromatic hydroxyl groups is 1. The van der Waals surface area contributed by atoms with Crippen molar-refractivity contribution in [2.24, 2.45) is 0 Å². The van der Waals surface area contributed by atoms with E-state index in [1.807, 2.05) is 19.1 Å². The minimum absolute atomic E-state index is 0.222. The first kappa shape index (κ1) is 9.00. The first-order chi connectivity index (χ1) is 5.65. The van der Waals surface area contributed by atoms with E-state index < -0.39 is 0 Å². The average Bonchev–Trinajstić information content (AvgIpc) is 2.08. The van der Waals surface area contributed by atoms with E-state index >= 15 is 0 Å². The normalized spacial score (nSPS) is 9.50. The number of hydrogen-bond acceptors (Lipinski definition) is 2. The number of hydrogen-bond donors (Lipinski definition) is 2. The first-order valence-electron chi connectivity index (χ1n) is 3.67. The molecule has 0 saturated heterocycles. The molecule has 0 aliphatic carbocycles. The van der Waals surface area contributed by atoms with Crippen LogP contribution in [0.5, 0.6) is 5.75 Å². The predicted octanol–water partition coefficient (Wildman–Crippen LogP) is 1.60. The Morgan fingerprint density at radius 3 is 2.75 bits per heavy atom. The number of phenolic OH excluding ortho intramolecular Hbond substituents is 1. The molecule has 0 bridgehead atoms. The maximum Gasteiger partial charge on any atom is 0.125 e. The molecule has 64 valence electrons. The maximum atomic E-state index is 9.41. The lowest BCUT2D eigenvalue weighted by Gasteiger charge is -2.05. The highest BCUT2D eigenvalue weighted by Gasteiger charge is 2.04. The van der Waals surface area contributed by atoms with Gasteiger partial charge >= 0.3 is 0 Å². The van der Waals surface area contributed by atoms with Gasteiger partial charge in [-0.2, -0.15) is 0 Å². The van der Waals surface area contributed by atoms with Crippen molar-refractivity contribution >= 4 is 17.2 Å². The highest BCUT2D eigenvalue weighted by atomic mass is 32.1. The van der Waals surface area contributed by atoms with Crippen molar-refractivity contribution in [1.29, 1.82) is 0 Å². The van der Waals surface area contributed by atoms with Gasteiger partial charge in [-0.3, -0.25) is 0 Å². The SMILES string of the molecule is CNC(=S)c1cc(C)ccc1O. The zero-order valence-corrected chi connectivity index (χ0v) is 7.90. The molecule has 0 radical (unpaired) electrons. The minimum atomic E-state index is 0.222. The number of phenols is 1. The molecule has 0 fully saturated rings. The van der Waals surface area contributed by atoms with E-state index in [9.17, 15) is 5.11 Å². The highest BCUT2D eigenvalue weighted by molar-refractivity contribution is 7.80. The Labute approximate surface area is 77.2 Å². The summed E-state index contributed by atoms with van der Waals surface area (Å²) in [6, 6.07) is 5.35. The molecule has 0 spiro atoms. The van der Waals surface area contributed by atoms with Crippen LogP contribution in [0.15, 0.2) is 18.2 Å². The topological polar surface area (TPSA) is 32.3 Å². The molecule has 1 aromatic rings. The maximum absolute atomic E-state index is 9.41. The van der Waals surface area contributed by atoms with Crippen molar-refractivity contribution in [2.45, 2.75) is 6.92 Å². The highest BCUT2D eigenvalue weighted by Crippen LogP contribution is 2.17. The van der Waals surface area contributed by atoms with Crippen LogP contribution in [0.25, 0.3) is 0 Å². The molecule has 0 amide bonds. The van der Waals surface area contributed by atoms with Gasteiger partial charge in [0.25, 0.3) is 0 Å². The Balaban J connectivity index is 3.13. The molecule has 2 N–H and O–H groups in total. The van der Waals surface area contributed by atoms with E-state index in [4.69, 9.17) is 12.2 Å². The average molecular weight is 181 g/mol. The Hall–Kier alpha value is -1.09. The second-order valence-electron chi connectivity index (χ2n) is 2.60. The zero-order valence-electron chi connectivity index (χ0n) is 7.09. The van der Waals surface area contributed by atoms with Gasteiger partial charge in [-0.25, -0.2) is 0 Å². The molecular formula is C9H11NOS. The number of benzene rings is 1. The smallest absolute Gasteiger partial charge is 0.125 e. The molecule has 0 saturated carbocycles. The first-order valence-corrected chi connectivity index (χ1v) is 4.07. The molecule has 0 heterocycles. The molecule has 0 atom stereocenters. The number of rotatable bonds is 1. The quantitative estimate of drug-likeness (QED) is 0.645. The van der Waals surface area contributed by atoms with E-state index in [0.29, 0.717) is 10.6 Å². The molecule has 12 heavy (non-hydrogen) atoms. The predicted molar refractivity (Wildman–Crippen MR) is 53.6 cm³/mol.